The number of thioether (sulfide) groups is 1. The normalized spacial score (nSPS) is 14.1. The smallest absolute Gasteiger partial charge is 0.290 e. The largest absolute Gasteiger partial charge is 0.483 e. The zero-order valence-electron chi connectivity index (χ0n) is 27.4. The quantitative estimate of drug-likeness (QED) is 0.103. The molecule has 3 N–H and O–H groups in total. The summed E-state index contributed by atoms with van der Waals surface area (Å²) in [7, 11) is 0. The molecular weight excluding hydrogens is 596 g/mol. The van der Waals surface area contributed by atoms with Crippen LogP contribution in [0, 0.1) is 11.6 Å². The highest BCUT2D eigenvalue weighted by molar-refractivity contribution is 7.98. The maximum Gasteiger partial charge on any atom is 0.290 e. The zero-order chi connectivity index (χ0) is 33.6. The summed E-state index contributed by atoms with van der Waals surface area (Å²) in [6, 6.07) is 5.81. The fourth-order valence-corrected chi connectivity index (χ4v) is 5.47. The van der Waals surface area contributed by atoms with Crippen LogP contribution in [-0.4, -0.2) is 49.5 Å². The van der Waals surface area contributed by atoms with Crippen LogP contribution in [0.15, 0.2) is 70.7 Å². The molecule has 248 valence electrons. The number of carboxylic acid groups (broad SMARTS) is 1. The Morgan fingerprint density at radius 1 is 1.18 bits per heavy atom. The van der Waals surface area contributed by atoms with Crippen molar-refractivity contribution in [1.82, 2.24) is 5.32 Å². The average Bonchev–Trinajstić information content (AvgIpc) is 3.36. The average molecular weight is 646 g/mol. The fraction of sp³-hybridized carbons (Fsp3) is 0.429. The Morgan fingerprint density at radius 2 is 1.91 bits per heavy atom. The SMILES string of the molecule is C=CNC(=NCC(OCC)C1=CCCCC=C1)c1cc(Oc2c(F)cc3c(c2SC)CCCN3)ccc1F.CC.CC.O=CO. The molecule has 0 spiro atoms. The van der Waals surface area contributed by atoms with Gasteiger partial charge in [0.05, 0.1) is 17.0 Å². The molecule has 7 nitrogen and oxygen atoms in total. The molecule has 2 aromatic carbocycles. The number of halogens is 2. The Labute approximate surface area is 271 Å². The van der Waals surface area contributed by atoms with Gasteiger partial charge in [0, 0.05) is 24.9 Å². The van der Waals surface area contributed by atoms with Crippen molar-refractivity contribution in [3.63, 3.8) is 0 Å². The molecule has 0 saturated carbocycles. The number of rotatable bonds is 10. The van der Waals surface area contributed by atoms with E-state index < -0.39 is 11.6 Å². The molecule has 4 rings (SSSR count). The van der Waals surface area contributed by atoms with Crippen LogP contribution in [0.25, 0.3) is 0 Å². The Balaban J connectivity index is 0.00000134. The molecule has 0 bridgehead atoms. The van der Waals surface area contributed by atoms with Crippen molar-refractivity contribution in [2.24, 2.45) is 4.99 Å². The van der Waals surface area contributed by atoms with E-state index in [4.69, 9.17) is 19.4 Å². The van der Waals surface area contributed by atoms with Gasteiger partial charge in [-0.05, 0) is 80.8 Å². The first kappa shape index (κ1) is 39.4. The number of allylic oxidation sites excluding steroid dienone is 2. The first-order valence-corrected chi connectivity index (χ1v) is 16.8. The van der Waals surface area contributed by atoms with Crippen molar-refractivity contribution < 1.29 is 28.2 Å². The van der Waals surface area contributed by atoms with Crippen molar-refractivity contribution >= 4 is 29.8 Å². The molecule has 45 heavy (non-hydrogen) atoms. The zero-order valence-corrected chi connectivity index (χ0v) is 28.2. The Hall–Kier alpha value is -3.63. The van der Waals surface area contributed by atoms with Crippen LogP contribution in [0.1, 0.15) is 71.4 Å². The molecule has 0 radical (unpaired) electrons. The first-order chi connectivity index (χ1) is 22.0. The number of hydrogen-bond donors (Lipinski definition) is 3. The molecule has 1 aliphatic carbocycles. The van der Waals surface area contributed by atoms with Gasteiger partial charge in [-0.1, -0.05) is 52.5 Å². The van der Waals surface area contributed by atoms with Crippen LogP contribution >= 0.6 is 11.8 Å². The molecule has 1 heterocycles. The molecule has 1 unspecified atom stereocenters. The minimum absolute atomic E-state index is 0.149. The van der Waals surface area contributed by atoms with E-state index in [1.54, 1.807) is 0 Å². The lowest BCUT2D eigenvalue weighted by Crippen LogP contribution is -2.25. The maximum absolute atomic E-state index is 15.1. The van der Waals surface area contributed by atoms with E-state index in [9.17, 15) is 0 Å². The molecule has 2 aliphatic rings. The number of ether oxygens (including phenoxy) is 2. The summed E-state index contributed by atoms with van der Waals surface area (Å²) >= 11 is 1.44. The van der Waals surface area contributed by atoms with E-state index in [0.29, 0.717) is 24.7 Å². The van der Waals surface area contributed by atoms with Gasteiger partial charge in [0.25, 0.3) is 6.47 Å². The van der Waals surface area contributed by atoms with Crippen LogP contribution in [-0.2, 0) is 16.0 Å². The Morgan fingerprint density at radius 3 is 2.58 bits per heavy atom. The first-order valence-electron chi connectivity index (χ1n) is 15.6. The van der Waals surface area contributed by atoms with Gasteiger partial charge in [0.15, 0.2) is 11.6 Å². The van der Waals surface area contributed by atoms with Gasteiger partial charge in [-0.2, -0.15) is 0 Å². The number of fused-ring (bicyclic) bond motifs is 1. The van der Waals surface area contributed by atoms with E-state index >= 15 is 8.78 Å². The summed E-state index contributed by atoms with van der Waals surface area (Å²) in [6.07, 6.45) is 14.4. The fourth-order valence-electron chi connectivity index (χ4n) is 4.69. The van der Waals surface area contributed by atoms with E-state index in [1.807, 2.05) is 40.9 Å². The molecular formula is C35H49F2N3O4S. The van der Waals surface area contributed by atoms with Gasteiger partial charge < -0.3 is 25.2 Å². The summed E-state index contributed by atoms with van der Waals surface area (Å²) in [5, 5.41) is 13.1. The van der Waals surface area contributed by atoms with Crippen molar-refractivity contribution in [3.8, 4) is 11.5 Å². The standard InChI is InChI=1S/C30H35F2N3O2S.2C2H6.CH2O2/c1-4-33-30(35-19-27(36-5-2)20-11-8-6-7-9-12-20)23-17-21(14-15-24(23)31)37-28-25(32)18-26-22(29(28)38-3)13-10-16-34-26;2*1-2;2-1-3/h4,8,11-12,14-15,17-18,27,34H,1,5-7,9-10,13,16,19H2,2-3H3,(H,33,35);2*1-2H3;1H,(H,2,3). The van der Waals surface area contributed by atoms with Gasteiger partial charge in [-0.25, -0.2) is 8.78 Å². The lowest BCUT2D eigenvalue weighted by Gasteiger charge is -2.23. The molecule has 0 saturated heterocycles. The third-order valence-corrected chi connectivity index (χ3v) is 7.33. The van der Waals surface area contributed by atoms with E-state index in [2.05, 4.69) is 40.4 Å². The predicted molar refractivity (Wildman–Crippen MR) is 184 cm³/mol. The topological polar surface area (TPSA) is 92.2 Å². The third-order valence-electron chi connectivity index (χ3n) is 6.49. The van der Waals surface area contributed by atoms with Crippen LogP contribution in [0.5, 0.6) is 11.5 Å². The lowest BCUT2D eigenvalue weighted by molar-refractivity contribution is -0.122. The number of carbonyl (C=O) groups is 1. The van der Waals surface area contributed by atoms with Crippen molar-refractivity contribution in [2.45, 2.75) is 77.7 Å². The van der Waals surface area contributed by atoms with Gasteiger partial charge >= 0.3 is 0 Å². The van der Waals surface area contributed by atoms with Gasteiger partial charge in [-0.15, -0.1) is 11.8 Å². The summed E-state index contributed by atoms with van der Waals surface area (Å²) in [6.45, 7) is 15.1. The molecule has 2 aromatic rings. The molecule has 0 fully saturated rings. The molecule has 0 aromatic heterocycles. The number of nitrogens with zero attached hydrogens (tertiary/aromatic N) is 1. The van der Waals surface area contributed by atoms with Crippen LogP contribution in [0.4, 0.5) is 14.5 Å². The Bertz CT molecular complexity index is 1300. The van der Waals surface area contributed by atoms with Gasteiger partial charge in [0.2, 0.25) is 0 Å². The highest BCUT2D eigenvalue weighted by atomic mass is 32.2. The number of hydrogen-bond acceptors (Lipinski definition) is 6. The second-order valence-corrected chi connectivity index (χ2v) is 9.96. The second kappa shape index (κ2) is 22.8. The van der Waals surface area contributed by atoms with Crippen LogP contribution in [0.3, 0.4) is 0 Å². The number of amidine groups is 1. The predicted octanol–water partition coefficient (Wildman–Crippen LogP) is 9.14. The number of aliphatic imine (C=N–C) groups is 1. The van der Waals surface area contributed by atoms with Crippen molar-refractivity contribution in [3.05, 3.63) is 83.6 Å². The van der Waals surface area contributed by atoms with Crippen molar-refractivity contribution in [1.29, 1.82) is 0 Å². The molecule has 1 atom stereocenters. The Kier molecular flexibility index (Phi) is 20.0. The van der Waals surface area contributed by atoms with E-state index in [-0.39, 0.29) is 23.9 Å². The summed E-state index contributed by atoms with van der Waals surface area (Å²) < 4.78 is 42.2. The minimum Gasteiger partial charge on any atom is -0.483 e. The van der Waals surface area contributed by atoms with E-state index in [0.717, 1.165) is 60.4 Å². The second-order valence-electron chi connectivity index (χ2n) is 9.15. The maximum atomic E-state index is 15.1. The highest BCUT2D eigenvalue weighted by Gasteiger charge is 2.23. The summed E-state index contributed by atoms with van der Waals surface area (Å²) in [5.74, 6) is -0.182. The van der Waals surface area contributed by atoms with E-state index in [1.165, 1.54) is 42.2 Å². The van der Waals surface area contributed by atoms with Crippen LogP contribution in [0.2, 0.25) is 0 Å². The van der Waals surface area contributed by atoms with Gasteiger partial charge in [-0.3, -0.25) is 9.79 Å². The number of nitrogens with one attached hydrogen (secondary N) is 2. The minimum atomic E-state index is -0.479. The van der Waals surface area contributed by atoms with Crippen molar-refractivity contribution in [2.75, 3.05) is 31.3 Å². The molecule has 10 heteroatoms. The molecule has 0 amide bonds. The van der Waals surface area contributed by atoms with Gasteiger partial charge in [0.1, 0.15) is 23.5 Å². The monoisotopic (exact) mass is 645 g/mol. The highest BCUT2D eigenvalue weighted by Crippen LogP contribution is 2.42. The third kappa shape index (κ3) is 12.0. The summed E-state index contributed by atoms with van der Waals surface area (Å²) in [5.41, 5.74) is 3.12. The summed E-state index contributed by atoms with van der Waals surface area (Å²) in [4.78, 5) is 13.8. The number of benzene rings is 2. The lowest BCUT2D eigenvalue weighted by atomic mass is 10.0. The van der Waals surface area contributed by atoms with Crippen LogP contribution < -0.4 is 15.4 Å². The number of anilines is 1. The molecule has 1 aliphatic heterocycles.